The van der Waals surface area contributed by atoms with E-state index in [0.717, 1.165) is 31.6 Å². The largest absolute Gasteiger partial charge is 0.481 e. The van der Waals surface area contributed by atoms with Gasteiger partial charge in [-0.2, -0.15) is 0 Å². The zero-order valence-electron chi connectivity index (χ0n) is 16.3. The SMILES string of the molecule is O=C(O)C(CCCCB(O)O)CCCN1CCC(O)(c2ccc(Cl)cc2)CC1. The fraction of sp³-hybridized carbons (Fsp3) is 0.650. The Labute approximate surface area is 172 Å². The molecule has 0 spiro atoms. The fourth-order valence-corrected chi connectivity index (χ4v) is 3.99. The highest BCUT2D eigenvalue weighted by Crippen LogP contribution is 2.33. The quantitative estimate of drug-likeness (QED) is 0.330. The van der Waals surface area contributed by atoms with Gasteiger partial charge in [0.05, 0.1) is 11.5 Å². The highest BCUT2D eigenvalue weighted by Gasteiger charge is 2.33. The number of hydrogen-bond donors (Lipinski definition) is 4. The van der Waals surface area contributed by atoms with E-state index in [2.05, 4.69) is 4.90 Å². The van der Waals surface area contributed by atoms with Crippen molar-refractivity contribution in [1.29, 1.82) is 0 Å². The Bertz CT molecular complexity index is 605. The van der Waals surface area contributed by atoms with Crippen LogP contribution in [0.1, 0.15) is 50.5 Å². The van der Waals surface area contributed by atoms with Crippen molar-refractivity contribution in [3.05, 3.63) is 34.9 Å². The topological polar surface area (TPSA) is 101 Å². The second-order valence-electron chi connectivity index (χ2n) is 7.82. The molecule has 4 N–H and O–H groups in total. The van der Waals surface area contributed by atoms with Crippen molar-refractivity contribution in [1.82, 2.24) is 4.90 Å². The number of aliphatic hydroxyl groups is 1. The van der Waals surface area contributed by atoms with E-state index < -0.39 is 18.7 Å². The molecule has 1 unspecified atom stereocenters. The van der Waals surface area contributed by atoms with Gasteiger partial charge in [0.1, 0.15) is 0 Å². The maximum atomic E-state index is 11.4. The first-order chi connectivity index (χ1) is 13.3. The van der Waals surface area contributed by atoms with Gasteiger partial charge in [-0.1, -0.05) is 36.6 Å². The van der Waals surface area contributed by atoms with Crippen LogP contribution in [-0.2, 0) is 10.4 Å². The molecule has 1 saturated heterocycles. The number of halogens is 1. The van der Waals surface area contributed by atoms with Crippen LogP contribution in [0, 0.1) is 5.92 Å². The monoisotopic (exact) mass is 411 g/mol. The first-order valence-corrected chi connectivity index (χ1v) is 10.5. The van der Waals surface area contributed by atoms with Gasteiger partial charge >= 0.3 is 13.1 Å². The van der Waals surface area contributed by atoms with Crippen molar-refractivity contribution in [3.8, 4) is 0 Å². The van der Waals surface area contributed by atoms with Crippen LogP contribution in [0.4, 0.5) is 0 Å². The molecule has 0 amide bonds. The first kappa shape index (κ1) is 23.2. The lowest BCUT2D eigenvalue weighted by Crippen LogP contribution is -2.43. The number of likely N-dealkylation sites (tertiary alicyclic amines) is 1. The summed E-state index contributed by atoms with van der Waals surface area (Å²) in [4.78, 5) is 13.7. The smallest absolute Gasteiger partial charge is 0.451 e. The first-order valence-electron chi connectivity index (χ1n) is 10.1. The number of carboxylic acids is 1. The molecule has 0 aromatic heterocycles. The van der Waals surface area contributed by atoms with E-state index >= 15 is 0 Å². The number of aliphatic carboxylic acids is 1. The summed E-state index contributed by atoms with van der Waals surface area (Å²) in [6, 6.07) is 7.36. The molecule has 0 bridgehead atoms. The minimum Gasteiger partial charge on any atom is -0.481 e. The van der Waals surface area contributed by atoms with Crippen molar-refractivity contribution in [2.45, 2.75) is 56.9 Å². The van der Waals surface area contributed by atoms with Crippen LogP contribution in [0.2, 0.25) is 11.3 Å². The minimum absolute atomic E-state index is 0.288. The number of carboxylic acid groups (broad SMARTS) is 1. The van der Waals surface area contributed by atoms with E-state index in [9.17, 15) is 15.0 Å². The molecule has 156 valence electrons. The average molecular weight is 412 g/mol. The third kappa shape index (κ3) is 7.37. The molecule has 1 aromatic carbocycles. The number of hydrogen-bond acceptors (Lipinski definition) is 5. The molecule has 0 saturated carbocycles. The average Bonchev–Trinajstić information content (AvgIpc) is 2.65. The van der Waals surface area contributed by atoms with Gasteiger partial charge < -0.3 is 25.2 Å². The molecule has 8 heteroatoms. The van der Waals surface area contributed by atoms with E-state index in [1.165, 1.54) is 0 Å². The summed E-state index contributed by atoms with van der Waals surface area (Å²) in [5.74, 6) is -1.16. The predicted octanol–water partition coefficient (Wildman–Crippen LogP) is 2.75. The second kappa shape index (κ2) is 11.2. The zero-order valence-corrected chi connectivity index (χ0v) is 17.0. The number of unbranched alkanes of at least 4 members (excludes halogenated alkanes) is 1. The number of rotatable bonds is 11. The molecule has 2 rings (SSSR count). The third-order valence-corrected chi connectivity index (χ3v) is 5.96. The Morgan fingerprint density at radius 1 is 1.11 bits per heavy atom. The van der Waals surface area contributed by atoms with Gasteiger partial charge in [-0.25, -0.2) is 0 Å². The summed E-state index contributed by atoms with van der Waals surface area (Å²) in [6.07, 6.45) is 4.90. The normalized spacial score (nSPS) is 18.0. The summed E-state index contributed by atoms with van der Waals surface area (Å²) < 4.78 is 0. The van der Waals surface area contributed by atoms with E-state index in [4.69, 9.17) is 21.6 Å². The summed E-state index contributed by atoms with van der Waals surface area (Å²) in [7, 11) is -1.31. The van der Waals surface area contributed by atoms with Crippen molar-refractivity contribution >= 4 is 24.7 Å². The molecule has 6 nitrogen and oxygen atoms in total. The minimum atomic E-state index is -1.31. The maximum absolute atomic E-state index is 11.4. The third-order valence-electron chi connectivity index (χ3n) is 5.71. The van der Waals surface area contributed by atoms with Gasteiger partial charge in [0.2, 0.25) is 0 Å². The van der Waals surface area contributed by atoms with Crippen LogP contribution >= 0.6 is 11.6 Å². The Morgan fingerprint density at radius 2 is 1.71 bits per heavy atom. The number of piperidine rings is 1. The van der Waals surface area contributed by atoms with Gasteiger partial charge in [0, 0.05) is 18.1 Å². The van der Waals surface area contributed by atoms with Gasteiger partial charge in [-0.15, -0.1) is 0 Å². The Hall–Kier alpha value is -1.12. The van der Waals surface area contributed by atoms with Crippen LogP contribution in [0.15, 0.2) is 24.3 Å². The van der Waals surface area contributed by atoms with E-state index in [0.29, 0.717) is 43.5 Å². The van der Waals surface area contributed by atoms with E-state index in [1.807, 2.05) is 12.1 Å². The van der Waals surface area contributed by atoms with Crippen LogP contribution < -0.4 is 0 Å². The summed E-state index contributed by atoms with van der Waals surface area (Å²) in [6.45, 7) is 2.40. The number of benzene rings is 1. The lowest BCUT2D eigenvalue weighted by atomic mass is 9.82. The molecule has 28 heavy (non-hydrogen) atoms. The van der Waals surface area contributed by atoms with Gasteiger partial charge in [-0.05, 0) is 62.7 Å². The summed E-state index contributed by atoms with van der Waals surface area (Å²) in [5, 5.41) is 38.6. The fourth-order valence-electron chi connectivity index (χ4n) is 3.87. The van der Waals surface area contributed by atoms with Crippen molar-refractivity contribution < 1.29 is 25.1 Å². The molecule has 1 aromatic rings. The van der Waals surface area contributed by atoms with Crippen LogP contribution in [0.5, 0.6) is 0 Å². The Kier molecular flexibility index (Phi) is 9.24. The number of carbonyl (C=O) groups is 1. The second-order valence-corrected chi connectivity index (χ2v) is 8.26. The van der Waals surface area contributed by atoms with Crippen molar-refractivity contribution in [2.75, 3.05) is 19.6 Å². The predicted molar refractivity (Wildman–Crippen MR) is 110 cm³/mol. The molecule has 1 fully saturated rings. The summed E-state index contributed by atoms with van der Waals surface area (Å²) in [5.41, 5.74) is 0.0811. The van der Waals surface area contributed by atoms with Crippen molar-refractivity contribution in [3.63, 3.8) is 0 Å². The van der Waals surface area contributed by atoms with Crippen LogP contribution in [-0.4, -0.2) is 57.9 Å². The molecule has 1 aliphatic heterocycles. The van der Waals surface area contributed by atoms with Crippen LogP contribution in [0.3, 0.4) is 0 Å². The molecule has 1 heterocycles. The number of nitrogens with zero attached hydrogens (tertiary/aromatic N) is 1. The Morgan fingerprint density at radius 3 is 2.29 bits per heavy atom. The van der Waals surface area contributed by atoms with Gasteiger partial charge in [0.15, 0.2) is 0 Å². The Balaban J connectivity index is 1.70. The zero-order chi connectivity index (χ0) is 20.6. The van der Waals surface area contributed by atoms with Gasteiger partial charge in [-0.3, -0.25) is 4.79 Å². The van der Waals surface area contributed by atoms with E-state index in [1.54, 1.807) is 12.1 Å². The molecule has 1 atom stereocenters. The standard InChI is InChI=1S/C20H31BClNO5/c22-18-8-6-17(7-9-18)20(26)10-14-23(15-11-20)13-3-5-16(19(24)25)4-1-2-12-21(27)28/h6-9,16,26-28H,1-5,10-15H2,(H,24,25). The van der Waals surface area contributed by atoms with E-state index in [-0.39, 0.29) is 12.2 Å². The molecule has 0 aliphatic carbocycles. The summed E-state index contributed by atoms with van der Waals surface area (Å²) >= 11 is 5.92. The molecular weight excluding hydrogens is 380 g/mol. The van der Waals surface area contributed by atoms with Gasteiger partial charge in [0.25, 0.3) is 0 Å². The lowest BCUT2D eigenvalue weighted by Gasteiger charge is -2.38. The van der Waals surface area contributed by atoms with Crippen LogP contribution in [0.25, 0.3) is 0 Å². The lowest BCUT2D eigenvalue weighted by molar-refractivity contribution is -0.142. The maximum Gasteiger partial charge on any atom is 0.451 e. The molecule has 1 aliphatic rings. The highest BCUT2D eigenvalue weighted by molar-refractivity contribution is 6.40. The highest BCUT2D eigenvalue weighted by atomic mass is 35.5. The molecule has 0 radical (unpaired) electrons. The molecular formula is C20H31BClNO5. The van der Waals surface area contributed by atoms with Crippen molar-refractivity contribution in [2.24, 2.45) is 5.92 Å².